The summed E-state index contributed by atoms with van der Waals surface area (Å²) in [6.07, 6.45) is -2.46. The zero-order chi connectivity index (χ0) is 22.6. The number of allylic oxidation sites excluding steroid dienone is 1. The van der Waals surface area contributed by atoms with Gasteiger partial charge >= 0.3 is 12.3 Å². The van der Waals surface area contributed by atoms with E-state index in [1.165, 1.54) is 12.1 Å². The molecule has 1 fully saturated rings. The van der Waals surface area contributed by atoms with E-state index in [0.717, 1.165) is 37.3 Å². The van der Waals surface area contributed by atoms with E-state index in [1.54, 1.807) is 12.1 Å². The molecule has 2 aromatic carbocycles. The Hall–Kier alpha value is -2.28. The minimum atomic E-state index is -4.80. The topological polar surface area (TPSA) is 9.23 Å². The van der Waals surface area contributed by atoms with Crippen LogP contribution in [0.5, 0.6) is 0 Å². The summed E-state index contributed by atoms with van der Waals surface area (Å²) in [6, 6.07) is 8.42. The lowest BCUT2D eigenvalue weighted by molar-refractivity contribution is -0.248. The first-order valence-corrected chi connectivity index (χ1v) is 10.2. The van der Waals surface area contributed by atoms with Gasteiger partial charge in [-0.3, -0.25) is 0 Å². The smallest absolute Gasteiger partial charge is 0.316 e. The summed E-state index contributed by atoms with van der Waals surface area (Å²) in [5, 5.41) is 0. The molecule has 1 nitrogen and oxygen atoms in total. The van der Waals surface area contributed by atoms with Crippen LogP contribution < -0.4 is 0 Å². The van der Waals surface area contributed by atoms with E-state index >= 15 is 0 Å². The molecule has 7 heteroatoms. The molecule has 0 heterocycles. The molecule has 1 aliphatic carbocycles. The first kappa shape index (κ1) is 23.4. The lowest BCUT2D eigenvalue weighted by Crippen LogP contribution is -2.20. The fourth-order valence-corrected chi connectivity index (χ4v) is 3.96. The zero-order valence-corrected chi connectivity index (χ0v) is 16.9. The molecular weight excluding hydrogens is 418 g/mol. The quantitative estimate of drug-likeness (QED) is 0.317. The van der Waals surface area contributed by atoms with Gasteiger partial charge in [-0.25, -0.2) is 4.39 Å². The van der Waals surface area contributed by atoms with Crippen molar-refractivity contribution in [3.63, 3.8) is 0 Å². The Bertz CT molecular complexity index is 880. The molecule has 0 aliphatic heterocycles. The first-order valence-electron chi connectivity index (χ1n) is 10.2. The van der Waals surface area contributed by atoms with Crippen LogP contribution in [0.3, 0.4) is 0 Å². The van der Waals surface area contributed by atoms with Crippen molar-refractivity contribution in [3.05, 3.63) is 83.2 Å². The van der Waals surface area contributed by atoms with Crippen molar-refractivity contribution >= 4 is 0 Å². The van der Waals surface area contributed by atoms with Crippen LogP contribution in [-0.2, 0) is 23.4 Å². The number of hydrogen-bond donors (Lipinski definition) is 0. The van der Waals surface area contributed by atoms with E-state index in [1.807, 2.05) is 6.08 Å². The highest BCUT2D eigenvalue weighted by Gasteiger charge is 2.35. The number of rotatable bonds is 7. The Morgan fingerprint density at radius 2 is 1.58 bits per heavy atom. The number of benzene rings is 2. The van der Waals surface area contributed by atoms with Gasteiger partial charge in [-0.05, 0) is 67.2 Å². The van der Waals surface area contributed by atoms with Crippen molar-refractivity contribution in [2.24, 2.45) is 5.92 Å². The second-order valence-electron chi connectivity index (χ2n) is 7.90. The first-order chi connectivity index (χ1) is 14.6. The molecule has 2 aromatic rings. The van der Waals surface area contributed by atoms with Crippen LogP contribution in [0.1, 0.15) is 53.9 Å². The number of alkyl halides is 5. The van der Waals surface area contributed by atoms with E-state index in [2.05, 4.69) is 11.3 Å². The minimum absolute atomic E-state index is 0.144. The molecular formula is C24H24F6O. The predicted molar refractivity (Wildman–Crippen MR) is 106 cm³/mol. The molecule has 0 spiro atoms. The van der Waals surface area contributed by atoms with Gasteiger partial charge in [0.15, 0.2) is 0 Å². The van der Waals surface area contributed by atoms with E-state index in [0.29, 0.717) is 24.0 Å². The highest BCUT2D eigenvalue weighted by Crippen LogP contribution is 2.37. The summed E-state index contributed by atoms with van der Waals surface area (Å²) in [4.78, 5) is 0. The van der Waals surface area contributed by atoms with Crippen LogP contribution in [-0.4, -0.2) is 6.61 Å². The van der Waals surface area contributed by atoms with Crippen LogP contribution in [0.25, 0.3) is 0 Å². The maximum Gasteiger partial charge on any atom is 0.419 e. The predicted octanol–water partition coefficient (Wildman–Crippen LogP) is 7.61. The molecule has 0 amide bonds. The van der Waals surface area contributed by atoms with Gasteiger partial charge in [0.1, 0.15) is 5.82 Å². The van der Waals surface area contributed by atoms with Gasteiger partial charge in [0.2, 0.25) is 0 Å². The third kappa shape index (κ3) is 5.91. The maximum absolute atomic E-state index is 14.4. The summed E-state index contributed by atoms with van der Waals surface area (Å²) in [5.74, 6) is -0.574. The van der Waals surface area contributed by atoms with Gasteiger partial charge in [-0.2, -0.15) is 22.0 Å². The summed E-state index contributed by atoms with van der Waals surface area (Å²) in [5.41, 5.74) is -0.524. The second-order valence-corrected chi connectivity index (χ2v) is 7.90. The molecule has 0 atom stereocenters. The van der Waals surface area contributed by atoms with Crippen LogP contribution in [0.4, 0.5) is 26.3 Å². The molecule has 31 heavy (non-hydrogen) atoms. The summed E-state index contributed by atoms with van der Waals surface area (Å²) in [6.45, 7) is 3.35. The molecule has 0 N–H and O–H groups in total. The Balaban J connectivity index is 1.56. The standard InChI is InChI=1S/C24H24F6O/c1-2-16-3-6-18(7-4-16)19-8-10-20(11-9-19)24(29,30)31-14-13-17-5-12-21(22(25)15-17)23(26,27)28/h2,5,8-12,15-16,18H,1,3-4,6-7,13-14H2/t16-,18-. The molecule has 1 aliphatic rings. The monoisotopic (exact) mass is 442 g/mol. The molecule has 0 radical (unpaired) electrons. The summed E-state index contributed by atoms with van der Waals surface area (Å²) < 4.78 is 84.8. The maximum atomic E-state index is 14.4. The van der Waals surface area contributed by atoms with E-state index in [-0.39, 0.29) is 17.5 Å². The van der Waals surface area contributed by atoms with Crippen LogP contribution in [0.15, 0.2) is 55.1 Å². The molecule has 1 saturated carbocycles. The van der Waals surface area contributed by atoms with Gasteiger partial charge in [-0.15, -0.1) is 6.58 Å². The average molecular weight is 442 g/mol. The zero-order valence-electron chi connectivity index (χ0n) is 16.9. The number of hydrogen-bond acceptors (Lipinski definition) is 1. The number of ether oxygens (including phenoxy) is 1. The Labute approximate surface area is 177 Å². The fraction of sp³-hybridized carbons (Fsp3) is 0.417. The van der Waals surface area contributed by atoms with E-state index in [4.69, 9.17) is 0 Å². The van der Waals surface area contributed by atoms with E-state index < -0.39 is 30.3 Å². The largest absolute Gasteiger partial charge is 0.419 e. The lowest BCUT2D eigenvalue weighted by Gasteiger charge is -2.27. The van der Waals surface area contributed by atoms with Gasteiger partial charge in [-0.1, -0.05) is 36.4 Å². The second kappa shape index (κ2) is 9.47. The van der Waals surface area contributed by atoms with Crippen LogP contribution >= 0.6 is 0 Å². The van der Waals surface area contributed by atoms with Gasteiger partial charge in [0.25, 0.3) is 0 Å². The van der Waals surface area contributed by atoms with Gasteiger partial charge < -0.3 is 4.74 Å². The van der Waals surface area contributed by atoms with Crippen molar-refractivity contribution in [2.45, 2.75) is 50.3 Å². The lowest BCUT2D eigenvalue weighted by atomic mass is 9.79. The van der Waals surface area contributed by atoms with Crippen molar-refractivity contribution in [1.82, 2.24) is 0 Å². The normalized spacial score (nSPS) is 19.9. The Kier molecular flexibility index (Phi) is 7.14. The van der Waals surface area contributed by atoms with Gasteiger partial charge in [0.05, 0.1) is 17.7 Å². The van der Waals surface area contributed by atoms with Gasteiger partial charge in [0, 0.05) is 0 Å². The van der Waals surface area contributed by atoms with Crippen molar-refractivity contribution in [3.8, 4) is 0 Å². The van der Waals surface area contributed by atoms with Crippen molar-refractivity contribution in [1.29, 1.82) is 0 Å². The third-order valence-corrected chi connectivity index (χ3v) is 5.84. The van der Waals surface area contributed by atoms with Crippen molar-refractivity contribution in [2.75, 3.05) is 6.61 Å². The highest BCUT2D eigenvalue weighted by molar-refractivity contribution is 5.28. The fourth-order valence-electron chi connectivity index (χ4n) is 3.96. The SMILES string of the molecule is C=C[C@H]1CC[C@H](c2ccc(C(F)(F)OCCc3ccc(C(F)(F)F)c(F)c3)cc2)CC1. The molecule has 0 unspecified atom stereocenters. The van der Waals surface area contributed by atoms with Crippen LogP contribution in [0, 0.1) is 11.7 Å². The minimum Gasteiger partial charge on any atom is -0.316 e. The van der Waals surface area contributed by atoms with Crippen LogP contribution in [0.2, 0.25) is 0 Å². The molecule has 0 saturated heterocycles. The highest BCUT2D eigenvalue weighted by atomic mass is 19.4. The molecule has 3 rings (SSSR count). The third-order valence-electron chi connectivity index (χ3n) is 5.84. The number of halogens is 6. The average Bonchev–Trinajstić information content (AvgIpc) is 2.73. The summed E-state index contributed by atoms with van der Waals surface area (Å²) in [7, 11) is 0. The molecule has 0 bridgehead atoms. The van der Waals surface area contributed by atoms with E-state index in [9.17, 15) is 26.3 Å². The Morgan fingerprint density at radius 1 is 0.935 bits per heavy atom. The summed E-state index contributed by atoms with van der Waals surface area (Å²) >= 11 is 0. The Morgan fingerprint density at radius 3 is 2.13 bits per heavy atom. The van der Waals surface area contributed by atoms with Crippen molar-refractivity contribution < 1.29 is 31.1 Å². The molecule has 0 aromatic heterocycles. The molecule has 168 valence electrons.